The number of aromatic hydroxyl groups is 1. The number of hydrogen-bond donors (Lipinski definition) is 2. The van der Waals surface area contributed by atoms with Crippen LogP contribution < -0.4 is 0 Å². The second-order valence-corrected chi connectivity index (χ2v) is 3.32. The molecule has 1 unspecified atom stereocenters. The SMILES string of the molecule is CC(c1cccc(O)c1)c1cnc[nH]1. The zero-order valence-electron chi connectivity index (χ0n) is 7.94. The number of nitrogens with one attached hydrogen (secondary N) is 1. The number of phenols is 1. The van der Waals surface area contributed by atoms with Gasteiger partial charge in [-0.3, -0.25) is 0 Å². The van der Waals surface area contributed by atoms with Crippen LogP contribution in [-0.2, 0) is 0 Å². The van der Waals surface area contributed by atoms with E-state index in [0.717, 1.165) is 11.3 Å². The highest BCUT2D eigenvalue weighted by Gasteiger charge is 2.09. The molecule has 0 aliphatic heterocycles. The van der Waals surface area contributed by atoms with E-state index in [1.54, 1.807) is 24.7 Å². The van der Waals surface area contributed by atoms with E-state index in [0.29, 0.717) is 5.75 Å². The molecule has 2 rings (SSSR count). The third kappa shape index (κ3) is 1.62. The summed E-state index contributed by atoms with van der Waals surface area (Å²) in [6, 6.07) is 7.28. The summed E-state index contributed by atoms with van der Waals surface area (Å²) in [7, 11) is 0. The van der Waals surface area contributed by atoms with Crippen molar-refractivity contribution in [2.75, 3.05) is 0 Å². The average Bonchev–Trinajstić information content (AvgIpc) is 2.69. The lowest BCUT2D eigenvalue weighted by Crippen LogP contribution is -1.95. The third-order valence-electron chi connectivity index (χ3n) is 2.36. The van der Waals surface area contributed by atoms with Crippen LogP contribution >= 0.6 is 0 Å². The molecular formula is C11H12N2O. The topological polar surface area (TPSA) is 48.9 Å². The van der Waals surface area contributed by atoms with E-state index in [1.165, 1.54) is 0 Å². The van der Waals surface area contributed by atoms with Crippen LogP contribution in [0.5, 0.6) is 5.75 Å². The van der Waals surface area contributed by atoms with Gasteiger partial charge in [0.1, 0.15) is 5.75 Å². The Bertz CT molecular complexity index is 409. The monoisotopic (exact) mass is 188 g/mol. The number of nitrogens with zero attached hydrogens (tertiary/aromatic N) is 1. The van der Waals surface area contributed by atoms with Gasteiger partial charge in [-0.05, 0) is 17.7 Å². The average molecular weight is 188 g/mol. The molecule has 1 atom stereocenters. The molecule has 0 saturated carbocycles. The van der Waals surface area contributed by atoms with Crippen molar-refractivity contribution in [3.8, 4) is 5.75 Å². The highest BCUT2D eigenvalue weighted by Crippen LogP contribution is 2.24. The molecule has 1 heterocycles. The Morgan fingerprint density at radius 3 is 2.93 bits per heavy atom. The lowest BCUT2D eigenvalue weighted by atomic mass is 9.98. The summed E-state index contributed by atoms with van der Waals surface area (Å²) >= 11 is 0. The molecule has 0 bridgehead atoms. The molecule has 2 N–H and O–H groups in total. The van der Waals surface area contributed by atoms with E-state index < -0.39 is 0 Å². The summed E-state index contributed by atoms with van der Waals surface area (Å²) in [5, 5.41) is 9.33. The highest BCUT2D eigenvalue weighted by molar-refractivity contribution is 5.33. The number of rotatable bonds is 2. The number of phenolic OH excluding ortho intramolecular Hbond substituents is 1. The molecule has 14 heavy (non-hydrogen) atoms. The fraction of sp³-hybridized carbons (Fsp3) is 0.182. The van der Waals surface area contributed by atoms with Crippen LogP contribution in [0.15, 0.2) is 36.8 Å². The van der Waals surface area contributed by atoms with Crippen molar-refractivity contribution in [1.82, 2.24) is 9.97 Å². The molecule has 0 aliphatic carbocycles. The van der Waals surface area contributed by atoms with Crippen LogP contribution in [-0.4, -0.2) is 15.1 Å². The van der Waals surface area contributed by atoms with E-state index in [2.05, 4.69) is 16.9 Å². The van der Waals surface area contributed by atoms with Crippen molar-refractivity contribution in [2.45, 2.75) is 12.8 Å². The molecular weight excluding hydrogens is 176 g/mol. The number of hydrogen-bond acceptors (Lipinski definition) is 2. The molecule has 0 aliphatic rings. The van der Waals surface area contributed by atoms with Gasteiger partial charge in [0, 0.05) is 17.8 Å². The van der Waals surface area contributed by atoms with Gasteiger partial charge in [0.25, 0.3) is 0 Å². The van der Waals surface area contributed by atoms with E-state index in [1.807, 2.05) is 12.1 Å². The first kappa shape index (κ1) is 8.81. The summed E-state index contributed by atoms with van der Waals surface area (Å²) in [5.41, 5.74) is 2.13. The molecule has 3 nitrogen and oxygen atoms in total. The summed E-state index contributed by atoms with van der Waals surface area (Å²) in [5.74, 6) is 0.526. The molecule has 0 fully saturated rings. The van der Waals surface area contributed by atoms with Crippen LogP contribution in [0.25, 0.3) is 0 Å². The third-order valence-corrected chi connectivity index (χ3v) is 2.36. The Hall–Kier alpha value is -1.77. The Labute approximate surface area is 82.4 Å². The standard InChI is InChI=1S/C11H12N2O/c1-8(11-6-12-7-13-11)9-3-2-4-10(14)5-9/h2-8,14H,1H3,(H,12,13). The second kappa shape index (κ2) is 3.54. The number of H-pyrrole nitrogens is 1. The fourth-order valence-corrected chi connectivity index (χ4v) is 1.48. The molecule has 0 saturated heterocycles. The Balaban J connectivity index is 2.32. The van der Waals surface area contributed by atoms with Crippen LogP contribution in [0.1, 0.15) is 24.1 Å². The first-order valence-corrected chi connectivity index (χ1v) is 4.54. The van der Waals surface area contributed by atoms with Crippen molar-refractivity contribution in [1.29, 1.82) is 0 Å². The molecule has 72 valence electrons. The molecule has 3 heteroatoms. The van der Waals surface area contributed by atoms with Gasteiger partial charge >= 0.3 is 0 Å². The van der Waals surface area contributed by atoms with Crippen molar-refractivity contribution in [2.24, 2.45) is 0 Å². The summed E-state index contributed by atoms with van der Waals surface area (Å²) < 4.78 is 0. The van der Waals surface area contributed by atoms with E-state index in [-0.39, 0.29) is 5.92 Å². The maximum Gasteiger partial charge on any atom is 0.115 e. The summed E-state index contributed by atoms with van der Waals surface area (Å²) in [6.45, 7) is 2.07. The van der Waals surface area contributed by atoms with E-state index in [9.17, 15) is 5.11 Å². The van der Waals surface area contributed by atoms with Gasteiger partial charge < -0.3 is 10.1 Å². The number of imidazole rings is 1. The van der Waals surface area contributed by atoms with Crippen LogP contribution in [0.2, 0.25) is 0 Å². The maximum atomic E-state index is 9.33. The van der Waals surface area contributed by atoms with Crippen molar-refractivity contribution >= 4 is 0 Å². The summed E-state index contributed by atoms with van der Waals surface area (Å²) in [4.78, 5) is 7.04. The van der Waals surface area contributed by atoms with Crippen LogP contribution in [0.4, 0.5) is 0 Å². The number of benzene rings is 1. The maximum absolute atomic E-state index is 9.33. The molecule has 0 amide bonds. The molecule has 2 aromatic rings. The van der Waals surface area contributed by atoms with Crippen molar-refractivity contribution < 1.29 is 5.11 Å². The second-order valence-electron chi connectivity index (χ2n) is 3.32. The predicted molar refractivity (Wildman–Crippen MR) is 54.2 cm³/mol. The molecule has 1 aromatic heterocycles. The van der Waals surface area contributed by atoms with E-state index in [4.69, 9.17) is 0 Å². The highest BCUT2D eigenvalue weighted by atomic mass is 16.3. The number of aromatic amines is 1. The van der Waals surface area contributed by atoms with Gasteiger partial charge in [0.15, 0.2) is 0 Å². The summed E-state index contributed by atoms with van der Waals surface area (Å²) in [6.07, 6.45) is 3.46. The fourth-order valence-electron chi connectivity index (χ4n) is 1.48. The normalized spacial score (nSPS) is 12.6. The Morgan fingerprint density at radius 2 is 2.29 bits per heavy atom. The first-order valence-electron chi connectivity index (χ1n) is 4.54. The smallest absolute Gasteiger partial charge is 0.115 e. The van der Waals surface area contributed by atoms with E-state index >= 15 is 0 Å². The Morgan fingerprint density at radius 1 is 1.43 bits per heavy atom. The lowest BCUT2D eigenvalue weighted by molar-refractivity contribution is 0.474. The van der Waals surface area contributed by atoms with Crippen molar-refractivity contribution in [3.05, 3.63) is 48.0 Å². The van der Waals surface area contributed by atoms with Gasteiger partial charge in [-0.2, -0.15) is 0 Å². The Kier molecular flexibility index (Phi) is 2.23. The predicted octanol–water partition coefficient (Wildman–Crippen LogP) is 2.27. The van der Waals surface area contributed by atoms with Gasteiger partial charge in [-0.1, -0.05) is 19.1 Å². The first-order chi connectivity index (χ1) is 6.77. The largest absolute Gasteiger partial charge is 0.508 e. The zero-order valence-corrected chi connectivity index (χ0v) is 7.94. The quantitative estimate of drug-likeness (QED) is 0.759. The van der Waals surface area contributed by atoms with Gasteiger partial charge in [-0.15, -0.1) is 0 Å². The zero-order chi connectivity index (χ0) is 9.97. The molecule has 0 spiro atoms. The molecule has 0 radical (unpaired) electrons. The minimum Gasteiger partial charge on any atom is -0.508 e. The van der Waals surface area contributed by atoms with Gasteiger partial charge in [-0.25, -0.2) is 4.98 Å². The van der Waals surface area contributed by atoms with Crippen LogP contribution in [0, 0.1) is 0 Å². The molecule has 1 aromatic carbocycles. The lowest BCUT2D eigenvalue weighted by Gasteiger charge is -2.09. The van der Waals surface area contributed by atoms with Gasteiger partial charge in [0.05, 0.1) is 6.33 Å². The minimum atomic E-state index is 0.226. The van der Waals surface area contributed by atoms with Crippen molar-refractivity contribution in [3.63, 3.8) is 0 Å². The minimum absolute atomic E-state index is 0.226. The number of aromatic nitrogens is 2. The van der Waals surface area contributed by atoms with Crippen LogP contribution in [0.3, 0.4) is 0 Å². The van der Waals surface area contributed by atoms with Gasteiger partial charge in [0.2, 0.25) is 0 Å².